The van der Waals surface area contributed by atoms with E-state index in [1.54, 1.807) is 0 Å². The highest BCUT2D eigenvalue weighted by Crippen LogP contribution is 2.22. The van der Waals surface area contributed by atoms with Gasteiger partial charge < -0.3 is 14.6 Å². The summed E-state index contributed by atoms with van der Waals surface area (Å²) in [5, 5.41) is 9.20. The van der Waals surface area contributed by atoms with Crippen molar-refractivity contribution < 1.29 is 23.1 Å². The number of aromatic hydroxyl groups is 1. The lowest BCUT2D eigenvalue weighted by molar-refractivity contribution is -0.140. The quantitative estimate of drug-likeness (QED) is 0.946. The number of hydrogen-bond acceptors (Lipinski definition) is 2. The molecule has 2 aromatic rings. The number of nitrogens with zero attached hydrogens (tertiary/aromatic N) is 2. The third-order valence-corrected chi connectivity index (χ3v) is 2.94. The zero-order valence-corrected chi connectivity index (χ0v) is 11.1. The Bertz CT molecular complexity index is 632. The topological polar surface area (TPSA) is 45.5 Å². The monoisotopic (exact) mass is 298 g/mol. The van der Waals surface area contributed by atoms with Gasteiger partial charge in [-0.1, -0.05) is 0 Å². The van der Waals surface area contributed by atoms with Crippen LogP contribution in [0.1, 0.15) is 10.5 Å². The molecule has 1 N–H and O–H groups in total. The molecule has 1 aromatic carbocycles. The number of carbonyl (C=O) groups excluding carboxylic acids is 1. The number of phenolic OH excluding ortho intramolecular Hbond substituents is 1. The van der Waals surface area contributed by atoms with Gasteiger partial charge >= 0.3 is 6.18 Å². The SMILES string of the molecule is CN(C(=O)c1cccn1CC(F)(F)F)c1ccc(O)cc1. The molecule has 0 unspecified atom stereocenters. The molecule has 0 atom stereocenters. The lowest BCUT2D eigenvalue weighted by atomic mass is 10.2. The molecule has 0 aliphatic heterocycles. The Labute approximate surface area is 119 Å². The van der Waals surface area contributed by atoms with Gasteiger partial charge in [0.25, 0.3) is 5.91 Å². The van der Waals surface area contributed by atoms with Gasteiger partial charge in [0.05, 0.1) is 0 Å². The summed E-state index contributed by atoms with van der Waals surface area (Å²) in [7, 11) is 1.46. The zero-order valence-electron chi connectivity index (χ0n) is 11.1. The Kier molecular flexibility index (Phi) is 3.93. The summed E-state index contributed by atoms with van der Waals surface area (Å²) in [6.45, 7) is -1.22. The average molecular weight is 298 g/mol. The van der Waals surface area contributed by atoms with Crippen LogP contribution in [-0.2, 0) is 6.54 Å². The minimum absolute atomic E-state index is 0.0417. The van der Waals surface area contributed by atoms with Crippen LogP contribution in [0.2, 0.25) is 0 Å². The number of benzene rings is 1. The lowest BCUT2D eigenvalue weighted by Crippen LogP contribution is -2.30. The zero-order chi connectivity index (χ0) is 15.6. The molecule has 4 nitrogen and oxygen atoms in total. The van der Waals surface area contributed by atoms with Crippen LogP contribution in [0.4, 0.5) is 18.9 Å². The third kappa shape index (κ3) is 3.56. The maximum atomic E-state index is 12.5. The van der Waals surface area contributed by atoms with Crippen molar-refractivity contribution in [1.29, 1.82) is 0 Å². The molecule has 0 bridgehead atoms. The fourth-order valence-corrected chi connectivity index (χ4v) is 1.90. The number of phenols is 1. The predicted octanol–water partition coefficient (Wildman–Crippen LogP) is 3.03. The largest absolute Gasteiger partial charge is 0.508 e. The van der Waals surface area contributed by atoms with E-state index in [4.69, 9.17) is 0 Å². The Balaban J connectivity index is 2.24. The van der Waals surface area contributed by atoms with Crippen molar-refractivity contribution in [3.05, 3.63) is 48.3 Å². The van der Waals surface area contributed by atoms with Crippen LogP contribution in [0.3, 0.4) is 0 Å². The van der Waals surface area contributed by atoms with Crippen molar-refractivity contribution in [1.82, 2.24) is 4.57 Å². The van der Waals surface area contributed by atoms with E-state index in [0.717, 1.165) is 4.57 Å². The van der Waals surface area contributed by atoms with E-state index in [2.05, 4.69) is 0 Å². The molecule has 0 saturated heterocycles. The Morgan fingerprint density at radius 1 is 1.24 bits per heavy atom. The molecule has 1 heterocycles. The summed E-state index contributed by atoms with van der Waals surface area (Å²) in [6, 6.07) is 8.53. The number of alkyl halides is 3. The molecule has 0 fully saturated rings. The first-order chi connectivity index (χ1) is 9.78. The van der Waals surface area contributed by atoms with Gasteiger partial charge in [-0.25, -0.2) is 0 Å². The van der Waals surface area contributed by atoms with Crippen molar-refractivity contribution in [2.45, 2.75) is 12.7 Å². The minimum Gasteiger partial charge on any atom is -0.508 e. The van der Waals surface area contributed by atoms with Gasteiger partial charge in [-0.3, -0.25) is 4.79 Å². The van der Waals surface area contributed by atoms with Crippen molar-refractivity contribution in [2.75, 3.05) is 11.9 Å². The molecule has 0 aliphatic rings. The van der Waals surface area contributed by atoms with Gasteiger partial charge in [-0.05, 0) is 36.4 Å². The van der Waals surface area contributed by atoms with Crippen molar-refractivity contribution in [3.63, 3.8) is 0 Å². The van der Waals surface area contributed by atoms with Gasteiger partial charge in [0.2, 0.25) is 0 Å². The highest BCUT2D eigenvalue weighted by Gasteiger charge is 2.30. The Morgan fingerprint density at radius 3 is 2.43 bits per heavy atom. The first-order valence-electron chi connectivity index (χ1n) is 6.07. The second-order valence-corrected chi connectivity index (χ2v) is 4.52. The molecule has 1 aromatic heterocycles. The number of anilines is 1. The molecule has 1 amide bonds. The van der Waals surface area contributed by atoms with Crippen LogP contribution < -0.4 is 4.90 Å². The van der Waals surface area contributed by atoms with Crippen LogP contribution in [0.25, 0.3) is 0 Å². The summed E-state index contributed by atoms with van der Waals surface area (Å²) in [5.74, 6) is -0.519. The fraction of sp³-hybridized carbons (Fsp3) is 0.214. The number of rotatable bonds is 3. The highest BCUT2D eigenvalue weighted by atomic mass is 19.4. The molecule has 7 heteroatoms. The second-order valence-electron chi connectivity index (χ2n) is 4.52. The van der Waals surface area contributed by atoms with Gasteiger partial charge in [-0.15, -0.1) is 0 Å². The number of carbonyl (C=O) groups is 1. The second kappa shape index (κ2) is 5.51. The normalized spacial score (nSPS) is 11.4. The molecule has 0 radical (unpaired) electrons. The Morgan fingerprint density at radius 2 is 1.86 bits per heavy atom. The molecule has 0 saturated carbocycles. The number of halogens is 3. The lowest BCUT2D eigenvalue weighted by Gasteiger charge is -2.19. The van der Waals surface area contributed by atoms with Crippen molar-refractivity contribution in [3.8, 4) is 5.75 Å². The van der Waals surface area contributed by atoms with Crippen LogP contribution in [0, 0.1) is 0 Å². The third-order valence-electron chi connectivity index (χ3n) is 2.94. The van der Waals surface area contributed by atoms with Crippen LogP contribution in [0.15, 0.2) is 42.6 Å². The molecule has 0 spiro atoms. The van der Waals surface area contributed by atoms with E-state index in [0.29, 0.717) is 5.69 Å². The summed E-state index contributed by atoms with van der Waals surface area (Å²) in [4.78, 5) is 13.5. The molecule has 21 heavy (non-hydrogen) atoms. The first-order valence-corrected chi connectivity index (χ1v) is 6.07. The Hall–Kier alpha value is -2.44. The van der Waals surface area contributed by atoms with E-state index in [9.17, 15) is 23.1 Å². The van der Waals surface area contributed by atoms with Crippen LogP contribution >= 0.6 is 0 Å². The average Bonchev–Trinajstić information content (AvgIpc) is 2.83. The maximum absolute atomic E-state index is 12.5. The number of amides is 1. The van der Waals surface area contributed by atoms with Crippen molar-refractivity contribution in [2.24, 2.45) is 0 Å². The standard InChI is InChI=1S/C14H13F3N2O2/c1-18(10-4-6-11(20)7-5-10)13(21)12-3-2-8-19(12)9-14(15,16)17/h2-8,20H,9H2,1H3. The summed E-state index contributed by atoms with van der Waals surface area (Å²) < 4.78 is 38.2. The summed E-state index contributed by atoms with van der Waals surface area (Å²) in [6.07, 6.45) is -3.18. The van der Waals surface area contributed by atoms with Crippen LogP contribution in [0.5, 0.6) is 5.75 Å². The van der Waals surface area contributed by atoms with Crippen molar-refractivity contribution >= 4 is 11.6 Å². The smallest absolute Gasteiger partial charge is 0.406 e. The van der Waals surface area contributed by atoms with E-state index in [1.807, 2.05) is 0 Å². The summed E-state index contributed by atoms with van der Waals surface area (Å²) in [5.41, 5.74) is 0.417. The van der Waals surface area contributed by atoms with E-state index in [-0.39, 0.29) is 11.4 Å². The fourth-order valence-electron chi connectivity index (χ4n) is 1.90. The predicted molar refractivity (Wildman–Crippen MR) is 71.3 cm³/mol. The summed E-state index contributed by atoms with van der Waals surface area (Å²) >= 11 is 0. The van der Waals surface area contributed by atoms with Gasteiger partial charge in [0.15, 0.2) is 0 Å². The maximum Gasteiger partial charge on any atom is 0.406 e. The van der Waals surface area contributed by atoms with Gasteiger partial charge in [-0.2, -0.15) is 13.2 Å². The van der Waals surface area contributed by atoms with Gasteiger partial charge in [0, 0.05) is 18.9 Å². The highest BCUT2D eigenvalue weighted by molar-refractivity contribution is 6.04. The van der Waals surface area contributed by atoms with E-state index >= 15 is 0 Å². The minimum atomic E-state index is -4.40. The van der Waals surface area contributed by atoms with E-state index in [1.165, 1.54) is 54.5 Å². The molecule has 0 aliphatic carbocycles. The molecular formula is C14H13F3N2O2. The molecule has 2 rings (SSSR count). The van der Waals surface area contributed by atoms with Gasteiger partial charge in [0.1, 0.15) is 18.0 Å². The first kappa shape index (κ1) is 15.0. The van der Waals surface area contributed by atoms with E-state index < -0.39 is 18.6 Å². The molecular weight excluding hydrogens is 285 g/mol. The number of aromatic nitrogens is 1. The number of hydrogen-bond donors (Lipinski definition) is 1. The molecule has 112 valence electrons. The van der Waals surface area contributed by atoms with Crippen LogP contribution in [-0.4, -0.2) is 28.8 Å².